The number of rotatable bonds is 6. The molecule has 2 rings (SSSR count). The average molecular weight is 375 g/mol. The molecule has 24 heavy (non-hydrogen) atoms. The number of ether oxygens (including phenoxy) is 1. The molecule has 1 aromatic rings. The summed E-state index contributed by atoms with van der Waals surface area (Å²) in [7, 11) is 1.73. The van der Waals surface area contributed by atoms with Crippen LogP contribution in [0.3, 0.4) is 0 Å². The number of H-pyrrole nitrogens is 1. The van der Waals surface area contributed by atoms with E-state index in [-0.39, 0.29) is 10.3 Å². The highest BCUT2D eigenvalue weighted by Crippen LogP contribution is 2.39. The largest absolute Gasteiger partial charge is 0.388 e. The van der Waals surface area contributed by atoms with Crippen LogP contribution in [0.5, 0.6) is 0 Å². The molecule has 7 nitrogen and oxygen atoms in total. The lowest BCUT2D eigenvalue weighted by Crippen LogP contribution is -2.33. The Morgan fingerprint density at radius 2 is 2.12 bits per heavy atom. The van der Waals surface area contributed by atoms with Gasteiger partial charge in [0.15, 0.2) is 11.0 Å². The summed E-state index contributed by atoms with van der Waals surface area (Å²) < 4.78 is 7.52. The second kappa shape index (κ2) is 7.64. The maximum atomic E-state index is 11.9. The lowest BCUT2D eigenvalue weighted by atomic mass is 10.1. The Labute approximate surface area is 146 Å². The monoisotopic (exact) mass is 375 g/mol. The van der Waals surface area contributed by atoms with E-state index in [1.165, 1.54) is 4.57 Å². The van der Waals surface area contributed by atoms with E-state index in [0.717, 1.165) is 6.16 Å². The Morgan fingerprint density at radius 1 is 1.46 bits per heavy atom. The third kappa shape index (κ3) is 4.45. The van der Waals surface area contributed by atoms with E-state index >= 15 is 0 Å². The zero-order chi connectivity index (χ0) is 18.1. The normalized spacial score (nSPS) is 27.5. The van der Waals surface area contributed by atoms with Crippen LogP contribution in [0.2, 0.25) is 0 Å². The fourth-order valence-electron chi connectivity index (χ4n) is 2.71. The van der Waals surface area contributed by atoms with Gasteiger partial charge < -0.3 is 20.3 Å². The summed E-state index contributed by atoms with van der Waals surface area (Å²) in [6, 6.07) is 0. The number of aromatic nitrogens is 2. The van der Waals surface area contributed by atoms with Gasteiger partial charge in [0.2, 0.25) is 0 Å². The molecule has 136 valence electrons. The van der Waals surface area contributed by atoms with E-state index in [2.05, 4.69) is 29.9 Å². The topological polar surface area (TPSA) is 99.5 Å². The molecule has 9 heteroatoms. The molecule has 0 bridgehead atoms. The second-order valence-electron chi connectivity index (χ2n) is 6.85. The fourth-order valence-corrected chi connectivity index (χ4v) is 3.91. The molecular formula is C15H26N3O4PS. The van der Waals surface area contributed by atoms with Gasteiger partial charge in [0.05, 0.1) is 6.10 Å². The molecule has 4 N–H and O–H groups in total. The van der Waals surface area contributed by atoms with Gasteiger partial charge in [-0.1, -0.05) is 0 Å². The molecule has 0 saturated carbocycles. The first-order valence-electron chi connectivity index (χ1n) is 7.82. The van der Waals surface area contributed by atoms with E-state index in [0.29, 0.717) is 18.5 Å². The highest BCUT2D eigenvalue weighted by molar-refractivity contribution is 7.72. The molecule has 1 saturated heterocycles. The highest BCUT2D eigenvalue weighted by Gasteiger charge is 2.43. The van der Waals surface area contributed by atoms with Crippen LogP contribution in [0, 0.1) is 4.77 Å². The van der Waals surface area contributed by atoms with Crippen LogP contribution in [0.1, 0.15) is 18.2 Å². The number of aliphatic hydroxyl groups excluding tert-OH is 2. The van der Waals surface area contributed by atoms with Gasteiger partial charge >= 0.3 is 0 Å². The summed E-state index contributed by atoms with van der Waals surface area (Å²) in [6.45, 7) is 3.35. The minimum atomic E-state index is -1.24. The molecule has 4 atom stereocenters. The van der Waals surface area contributed by atoms with Crippen molar-refractivity contribution in [2.24, 2.45) is 0 Å². The molecule has 0 amide bonds. The third-order valence-corrected chi connectivity index (χ3v) is 5.82. The van der Waals surface area contributed by atoms with Gasteiger partial charge in [-0.25, -0.2) is 0 Å². The molecule has 1 aromatic heterocycles. The zero-order valence-electron chi connectivity index (χ0n) is 14.2. The van der Waals surface area contributed by atoms with E-state index in [1.54, 1.807) is 13.2 Å². The van der Waals surface area contributed by atoms with Crippen LogP contribution < -0.4 is 10.9 Å². The maximum absolute atomic E-state index is 11.9. The predicted octanol–water partition coefficient (Wildman–Crippen LogP) is 0.344. The van der Waals surface area contributed by atoms with Gasteiger partial charge in [0, 0.05) is 18.3 Å². The van der Waals surface area contributed by atoms with Crippen molar-refractivity contribution in [1.82, 2.24) is 14.9 Å². The van der Waals surface area contributed by atoms with Crippen LogP contribution in [0.25, 0.3) is 0 Å². The van der Waals surface area contributed by atoms with Gasteiger partial charge in [-0.3, -0.25) is 14.3 Å². The van der Waals surface area contributed by atoms with Gasteiger partial charge in [-0.2, -0.15) is 0 Å². The van der Waals surface area contributed by atoms with Crippen molar-refractivity contribution in [3.8, 4) is 0 Å². The number of aromatic amines is 1. The minimum Gasteiger partial charge on any atom is -0.388 e. The molecule has 0 aromatic carbocycles. The van der Waals surface area contributed by atoms with Crippen molar-refractivity contribution in [2.75, 3.05) is 26.5 Å². The van der Waals surface area contributed by atoms with Crippen LogP contribution in [0.4, 0.5) is 0 Å². The number of aliphatic hydroxyl groups is 2. The first-order valence-corrected chi connectivity index (χ1v) is 11.3. The highest BCUT2D eigenvalue weighted by atomic mass is 32.1. The van der Waals surface area contributed by atoms with Crippen molar-refractivity contribution < 1.29 is 14.9 Å². The molecule has 1 fully saturated rings. The number of nitrogens with zero attached hydrogens (tertiary/aromatic N) is 1. The van der Waals surface area contributed by atoms with Crippen LogP contribution in [-0.2, 0) is 11.3 Å². The van der Waals surface area contributed by atoms with Crippen LogP contribution in [-0.4, -0.2) is 70.9 Å². The summed E-state index contributed by atoms with van der Waals surface area (Å²) in [6.07, 6.45) is 3.79. The number of hydrogen-bond donors (Lipinski definition) is 4. The Hall–Kier alpha value is -0.760. The smallest absolute Gasteiger partial charge is 0.256 e. The average Bonchev–Trinajstić information content (AvgIpc) is 2.75. The molecule has 0 radical (unpaired) electrons. The van der Waals surface area contributed by atoms with Gasteiger partial charge in [-0.05, 0) is 45.2 Å². The Bertz CT molecular complexity index is 741. The quantitative estimate of drug-likeness (QED) is 0.423. The molecule has 1 aliphatic rings. The Morgan fingerprint density at radius 3 is 2.71 bits per heavy atom. The van der Waals surface area contributed by atoms with Crippen LogP contribution in [0.15, 0.2) is 11.0 Å². The van der Waals surface area contributed by atoms with Crippen molar-refractivity contribution in [2.45, 2.75) is 37.5 Å². The van der Waals surface area contributed by atoms with Crippen molar-refractivity contribution in [3.63, 3.8) is 0 Å². The van der Waals surface area contributed by atoms with Gasteiger partial charge in [-0.15, -0.1) is 13.2 Å². The SMILES string of the molecule is C=P(C)(C)CC[C@H]1O[C@@H](n2cc(CNC)c(=O)[nH]c2=S)C(O)[C@@H]1O. The zero-order valence-corrected chi connectivity index (χ0v) is 15.9. The Balaban J connectivity index is 2.26. The van der Waals surface area contributed by atoms with Gasteiger partial charge in [0.1, 0.15) is 12.2 Å². The fraction of sp³-hybridized carbons (Fsp3) is 0.667. The lowest BCUT2D eigenvalue weighted by Gasteiger charge is -2.20. The minimum absolute atomic E-state index is 0.154. The standard InChI is InChI=1S/C15H26N3O4PS/c1-16-7-9-8-18(15(24)17-13(9)21)14-12(20)11(19)10(22-14)5-6-23(2,3)4/h8,10-12,14,16,19-20H,2,5-7H2,1,3-4H3,(H,17,21,24)/t10-,11-,12?,14-/m1/s1. The molecule has 1 aliphatic heterocycles. The maximum Gasteiger partial charge on any atom is 0.256 e. The molecular weight excluding hydrogens is 349 g/mol. The number of nitrogens with one attached hydrogen (secondary N) is 2. The summed E-state index contributed by atoms with van der Waals surface area (Å²) in [5.41, 5.74) is 0.198. The van der Waals surface area contributed by atoms with Gasteiger partial charge in [0.25, 0.3) is 5.56 Å². The van der Waals surface area contributed by atoms with E-state index in [4.69, 9.17) is 17.0 Å². The lowest BCUT2D eigenvalue weighted by molar-refractivity contribution is -0.0392. The van der Waals surface area contributed by atoms with Crippen molar-refractivity contribution in [1.29, 1.82) is 0 Å². The first-order chi connectivity index (χ1) is 11.1. The number of hydrogen-bond acceptors (Lipinski definition) is 6. The molecule has 1 unspecified atom stereocenters. The van der Waals surface area contributed by atoms with E-state index in [9.17, 15) is 15.0 Å². The summed E-state index contributed by atoms with van der Waals surface area (Å²) in [4.78, 5) is 14.5. The van der Waals surface area contributed by atoms with Crippen molar-refractivity contribution in [3.05, 3.63) is 26.9 Å². The summed E-state index contributed by atoms with van der Waals surface area (Å²) in [5.74, 6) is 0. The van der Waals surface area contributed by atoms with Crippen LogP contribution >= 0.6 is 19.1 Å². The van der Waals surface area contributed by atoms with Crippen molar-refractivity contribution >= 4 is 25.4 Å². The molecule has 0 spiro atoms. The van der Waals surface area contributed by atoms with E-state index in [1.807, 2.05) is 0 Å². The molecule has 2 heterocycles. The predicted molar refractivity (Wildman–Crippen MR) is 99.9 cm³/mol. The first kappa shape index (κ1) is 19.6. The van der Waals surface area contributed by atoms with E-state index < -0.39 is 31.4 Å². The third-order valence-electron chi connectivity index (χ3n) is 4.04. The summed E-state index contributed by atoms with van der Waals surface area (Å²) in [5, 5.41) is 23.6. The molecule has 0 aliphatic carbocycles. The summed E-state index contributed by atoms with van der Waals surface area (Å²) >= 11 is 5.18. The Kier molecular flexibility index (Phi) is 6.23. The second-order valence-corrected chi connectivity index (χ2v) is 11.6.